The van der Waals surface area contributed by atoms with Crippen LogP contribution in [0.3, 0.4) is 0 Å². The minimum absolute atomic E-state index is 0. The Morgan fingerprint density at radius 1 is 1.35 bits per heavy atom. The molecule has 0 aliphatic rings. The standard InChI is InChI=1S/C18H27NO3.Na.H/c1-14(2)8-6-4-5-7-9-18(21)19-13-15-10-11-16(20)17(12-15)22-3;;/h6,8,10-12,14,20H,4-5,7,9,13H2,1-3H3,(H,19,21);;. The number of aromatic hydroxyl groups is 1. The third-order valence-corrected chi connectivity index (χ3v) is 3.28. The fourth-order valence-corrected chi connectivity index (χ4v) is 2.04. The van der Waals surface area contributed by atoms with Gasteiger partial charge in [0.2, 0.25) is 5.91 Å². The molecule has 0 aliphatic heterocycles. The van der Waals surface area contributed by atoms with E-state index in [1.807, 2.05) is 0 Å². The predicted octanol–water partition coefficient (Wildman–Crippen LogP) is 3.14. The first-order valence-electron chi connectivity index (χ1n) is 7.82. The number of unbranched alkanes of at least 4 members (excludes halogenated alkanes) is 2. The molecule has 4 nitrogen and oxygen atoms in total. The van der Waals surface area contributed by atoms with E-state index < -0.39 is 0 Å². The number of carbonyl (C=O) groups is 1. The summed E-state index contributed by atoms with van der Waals surface area (Å²) in [6.07, 6.45) is 7.88. The summed E-state index contributed by atoms with van der Waals surface area (Å²) in [4.78, 5) is 11.8. The van der Waals surface area contributed by atoms with Crippen LogP contribution in [0.5, 0.6) is 11.5 Å². The molecule has 1 aromatic rings. The number of phenolic OH excluding ortho intramolecular Hbond substituents is 1. The fourth-order valence-electron chi connectivity index (χ4n) is 2.04. The molecule has 0 heterocycles. The number of methoxy groups -OCH3 is 1. The molecule has 1 rings (SSSR count). The van der Waals surface area contributed by atoms with E-state index in [-0.39, 0.29) is 41.2 Å². The van der Waals surface area contributed by atoms with Crippen molar-refractivity contribution in [2.45, 2.75) is 46.1 Å². The van der Waals surface area contributed by atoms with Crippen LogP contribution in [0.4, 0.5) is 0 Å². The summed E-state index contributed by atoms with van der Waals surface area (Å²) in [5, 5.41) is 12.4. The van der Waals surface area contributed by atoms with Crippen molar-refractivity contribution in [3.63, 3.8) is 0 Å². The number of ether oxygens (including phenoxy) is 1. The number of phenols is 1. The van der Waals surface area contributed by atoms with E-state index in [2.05, 4.69) is 31.3 Å². The topological polar surface area (TPSA) is 58.6 Å². The van der Waals surface area contributed by atoms with Gasteiger partial charge in [-0.1, -0.05) is 32.1 Å². The zero-order valence-corrected chi connectivity index (χ0v) is 13.8. The maximum atomic E-state index is 11.8. The number of benzene rings is 1. The van der Waals surface area contributed by atoms with Crippen LogP contribution in [0, 0.1) is 5.92 Å². The van der Waals surface area contributed by atoms with Gasteiger partial charge >= 0.3 is 29.6 Å². The third-order valence-electron chi connectivity index (χ3n) is 3.28. The van der Waals surface area contributed by atoms with E-state index in [1.165, 1.54) is 7.11 Å². The molecule has 2 N–H and O–H groups in total. The van der Waals surface area contributed by atoms with Gasteiger partial charge in [0.05, 0.1) is 7.11 Å². The molecular weight excluding hydrogens is 301 g/mol. The Labute approximate surface area is 161 Å². The Balaban J connectivity index is 0.00000484. The zero-order chi connectivity index (χ0) is 16.4. The Hall–Kier alpha value is -0.970. The van der Waals surface area contributed by atoms with Gasteiger partial charge in [-0.15, -0.1) is 0 Å². The van der Waals surface area contributed by atoms with Gasteiger partial charge in [-0.3, -0.25) is 4.79 Å². The van der Waals surface area contributed by atoms with E-state index >= 15 is 0 Å². The monoisotopic (exact) mass is 329 g/mol. The van der Waals surface area contributed by atoms with E-state index in [0.717, 1.165) is 24.8 Å². The van der Waals surface area contributed by atoms with E-state index in [1.54, 1.807) is 18.2 Å². The summed E-state index contributed by atoms with van der Waals surface area (Å²) >= 11 is 0. The first-order valence-corrected chi connectivity index (χ1v) is 7.82. The summed E-state index contributed by atoms with van der Waals surface area (Å²) < 4.78 is 5.04. The van der Waals surface area contributed by atoms with E-state index in [4.69, 9.17) is 4.74 Å². The first kappa shape index (κ1) is 22.0. The summed E-state index contributed by atoms with van der Waals surface area (Å²) in [5.41, 5.74) is 0.905. The zero-order valence-electron chi connectivity index (χ0n) is 13.8. The number of allylic oxidation sites excluding steroid dienone is 2. The van der Waals surface area contributed by atoms with Crippen molar-refractivity contribution in [3.8, 4) is 11.5 Å². The molecule has 0 fully saturated rings. The van der Waals surface area contributed by atoms with Crippen LogP contribution in [-0.4, -0.2) is 47.7 Å². The van der Waals surface area contributed by atoms with Crippen molar-refractivity contribution >= 4 is 35.5 Å². The number of amides is 1. The first-order chi connectivity index (χ1) is 10.5. The average Bonchev–Trinajstić information content (AvgIpc) is 2.49. The molecule has 0 radical (unpaired) electrons. The van der Waals surface area contributed by atoms with Gasteiger partial charge in [-0.2, -0.15) is 0 Å². The molecule has 0 unspecified atom stereocenters. The number of hydrogen-bond donors (Lipinski definition) is 2. The molecule has 0 atom stereocenters. The molecule has 23 heavy (non-hydrogen) atoms. The number of rotatable bonds is 9. The number of nitrogens with one attached hydrogen (secondary N) is 1. The maximum absolute atomic E-state index is 11.8. The molecule has 0 spiro atoms. The summed E-state index contributed by atoms with van der Waals surface area (Å²) in [5.74, 6) is 1.17. The molecular formula is C18H28NNaO3. The number of carbonyl (C=O) groups excluding carboxylic acids is 1. The normalized spacial score (nSPS) is 10.6. The fraction of sp³-hybridized carbons (Fsp3) is 0.500. The summed E-state index contributed by atoms with van der Waals surface area (Å²) in [6.45, 7) is 4.76. The Bertz CT molecular complexity index is 501. The second-order valence-electron chi connectivity index (χ2n) is 5.70. The van der Waals surface area contributed by atoms with Crippen LogP contribution in [0.1, 0.15) is 45.1 Å². The van der Waals surface area contributed by atoms with Crippen molar-refractivity contribution in [3.05, 3.63) is 35.9 Å². The van der Waals surface area contributed by atoms with Gasteiger partial charge in [0, 0.05) is 13.0 Å². The van der Waals surface area contributed by atoms with Crippen molar-refractivity contribution in [1.82, 2.24) is 5.32 Å². The SMILES string of the molecule is COc1cc(CNC(=O)CCCCC=CC(C)C)ccc1O.[NaH]. The van der Waals surface area contributed by atoms with E-state index in [9.17, 15) is 9.90 Å². The van der Waals surface area contributed by atoms with Crippen LogP contribution < -0.4 is 10.1 Å². The molecule has 0 aliphatic carbocycles. The van der Waals surface area contributed by atoms with Crippen molar-refractivity contribution in [2.24, 2.45) is 5.92 Å². The van der Waals surface area contributed by atoms with Gasteiger partial charge in [0.25, 0.3) is 0 Å². The molecule has 124 valence electrons. The third kappa shape index (κ3) is 9.69. The van der Waals surface area contributed by atoms with Crippen molar-refractivity contribution in [1.29, 1.82) is 0 Å². The summed E-state index contributed by atoms with van der Waals surface area (Å²) in [6, 6.07) is 5.07. The van der Waals surface area contributed by atoms with Crippen LogP contribution in [0.2, 0.25) is 0 Å². The van der Waals surface area contributed by atoms with Gasteiger partial charge in [0.15, 0.2) is 11.5 Å². The van der Waals surface area contributed by atoms with Gasteiger partial charge in [-0.05, 0) is 42.9 Å². The second-order valence-corrected chi connectivity index (χ2v) is 5.70. The van der Waals surface area contributed by atoms with Gasteiger partial charge in [0.1, 0.15) is 0 Å². The second kappa shape index (κ2) is 12.5. The molecule has 1 amide bonds. The Kier molecular flexibility index (Phi) is 11.9. The predicted molar refractivity (Wildman–Crippen MR) is 96.1 cm³/mol. The quantitative estimate of drug-likeness (QED) is 0.416. The molecule has 0 saturated heterocycles. The van der Waals surface area contributed by atoms with Crippen LogP contribution in [0.25, 0.3) is 0 Å². The van der Waals surface area contributed by atoms with Crippen LogP contribution in [0.15, 0.2) is 30.4 Å². The average molecular weight is 329 g/mol. The number of hydrogen-bond acceptors (Lipinski definition) is 3. The molecule has 0 bridgehead atoms. The summed E-state index contributed by atoms with van der Waals surface area (Å²) in [7, 11) is 1.51. The molecule has 0 aromatic heterocycles. The molecule has 1 aromatic carbocycles. The van der Waals surface area contributed by atoms with Gasteiger partial charge in [-0.25, -0.2) is 0 Å². The van der Waals surface area contributed by atoms with Gasteiger partial charge < -0.3 is 15.2 Å². The van der Waals surface area contributed by atoms with Crippen molar-refractivity contribution < 1.29 is 14.6 Å². The van der Waals surface area contributed by atoms with Crippen molar-refractivity contribution in [2.75, 3.05) is 7.11 Å². The minimum atomic E-state index is 0. The molecule has 0 saturated carbocycles. The molecule has 5 heteroatoms. The van der Waals surface area contributed by atoms with Crippen LogP contribution in [-0.2, 0) is 11.3 Å². The Morgan fingerprint density at radius 3 is 2.74 bits per heavy atom. The van der Waals surface area contributed by atoms with E-state index in [0.29, 0.717) is 24.6 Å². The Morgan fingerprint density at radius 2 is 2.09 bits per heavy atom. The van der Waals surface area contributed by atoms with Crippen LogP contribution >= 0.6 is 0 Å².